The van der Waals surface area contributed by atoms with Gasteiger partial charge in [0.15, 0.2) is 0 Å². The van der Waals surface area contributed by atoms with Gasteiger partial charge >= 0.3 is 6.09 Å². The molecule has 0 aliphatic carbocycles. The number of rotatable bonds is 4. The predicted octanol–water partition coefficient (Wildman–Crippen LogP) is 2.51. The fourth-order valence-electron chi connectivity index (χ4n) is 3.79. The van der Waals surface area contributed by atoms with Crippen molar-refractivity contribution in [1.82, 2.24) is 9.80 Å². The lowest BCUT2D eigenvalue weighted by molar-refractivity contribution is -0.134. The van der Waals surface area contributed by atoms with Gasteiger partial charge in [0.1, 0.15) is 11.9 Å². The molecule has 2 aromatic rings. The van der Waals surface area contributed by atoms with E-state index in [0.717, 1.165) is 22.8 Å². The van der Waals surface area contributed by atoms with Gasteiger partial charge in [-0.2, -0.15) is 0 Å². The molecule has 8 heteroatoms. The Morgan fingerprint density at radius 2 is 1.73 bits per heavy atom. The van der Waals surface area contributed by atoms with Crippen LogP contribution in [0.3, 0.4) is 0 Å². The van der Waals surface area contributed by atoms with Gasteiger partial charge in [-0.15, -0.1) is 0 Å². The molecule has 1 unspecified atom stereocenters. The number of aliphatic imine (C=N–C) groups is 1. The highest BCUT2D eigenvalue weighted by Crippen LogP contribution is 2.28. The van der Waals surface area contributed by atoms with Crippen LogP contribution in [0.5, 0.6) is 0 Å². The van der Waals surface area contributed by atoms with Gasteiger partial charge in [0.05, 0.1) is 24.3 Å². The summed E-state index contributed by atoms with van der Waals surface area (Å²) in [5.74, 6) is 0.929. The number of carbonyl (C=O) groups is 2. The van der Waals surface area contributed by atoms with E-state index in [1.165, 1.54) is 0 Å². The quantitative estimate of drug-likeness (QED) is 0.811. The van der Waals surface area contributed by atoms with Gasteiger partial charge in [0.2, 0.25) is 5.91 Å². The Hall–Kier alpha value is -3.55. The molecule has 0 bridgehead atoms. The van der Waals surface area contributed by atoms with Crippen LogP contribution in [-0.4, -0.2) is 60.4 Å². The third-order valence-corrected chi connectivity index (χ3v) is 5.38. The second kappa shape index (κ2) is 8.86. The highest BCUT2D eigenvalue weighted by Gasteiger charge is 2.27. The molecule has 3 N–H and O–H groups in total. The number of benzene rings is 2. The summed E-state index contributed by atoms with van der Waals surface area (Å²) in [5, 5.41) is 3.39. The standard InChI is InChI=1S/C22H25N5O3/c23-22(29)30-19(16-6-2-1-3-7-16)14-21(28)27-12-10-26(11-13-27)20-15-24-17-8-4-5-9-18(17)25-20/h1-9,19,24H,10-15H2,(H2,23,29). The molecular formula is C22H25N5O3. The molecule has 2 amide bonds. The van der Waals surface area contributed by atoms with E-state index >= 15 is 0 Å². The minimum absolute atomic E-state index is 0.0567. The van der Waals surface area contributed by atoms with Crippen LogP contribution < -0.4 is 11.1 Å². The number of piperazine rings is 1. The van der Waals surface area contributed by atoms with E-state index in [9.17, 15) is 9.59 Å². The molecule has 156 valence electrons. The van der Waals surface area contributed by atoms with Crippen LogP contribution in [-0.2, 0) is 9.53 Å². The summed E-state index contributed by atoms with van der Waals surface area (Å²) in [6.07, 6.45) is -1.50. The number of hydrogen-bond acceptors (Lipinski definition) is 6. The van der Waals surface area contributed by atoms with E-state index in [0.29, 0.717) is 32.7 Å². The average Bonchev–Trinajstić information content (AvgIpc) is 2.78. The van der Waals surface area contributed by atoms with Crippen molar-refractivity contribution in [3.05, 3.63) is 60.2 Å². The zero-order chi connectivity index (χ0) is 20.9. The zero-order valence-corrected chi connectivity index (χ0v) is 16.7. The molecular weight excluding hydrogens is 382 g/mol. The normalized spacial score (nSPS) is 16.7. The molecule has 1 atom stereocenters. The minimum Gasteiger partial charge on any atom is -0.441 e. The van der Waals surface area contributed by atoms with Crippen LogP contribution in [0.15, 0.2) is 59.6 Å². The molecule has 30 heavy (non-hydrogen) atoms. The lowest BCUT2D eigenvalue weighted by atomic mass is 10.1. The maximum atomic E-state index is 12.8. The molecule has 2 aliphatic rings. The van der Waals surface area contributed by atoms with Crippen molar-refractivity contribution in [2.45, 2.75) is 12.5 Å². The van der Waals surface area contributed by atoms with E-state index in [-0.39, 0.29) is 12.3 Å². The van der Waals surface area contributed by atoms with Crippen molar-refractivity contribution in [3.63, 3.8) is 0 Å². The molecule has 0 radical (unpaired) electrons. The van der Waals surface area contributed by atoms with E-state index in [2.05, 4.69) is 10.2 Å². The predicted molar refractivity (Wildman–Crippen MR) is 115 cm³/mol. The van der Waals surface area contributed by atoms with Gasteiger partial charge in [-0.05, 0) is 17.7 Å². The SMILES string of the molecule is NC(=O)OC(CC(=O)N1CCN(C2=Nc3ccccc3NC2)CC1)c1ccccc1. The number of para-hydroxylation sites is 2. The summed E-state index contributed by atoms with van der Waals surface area (Å²) in [5.41, 5.74) is 7.94. The summed E-state index contributed by atoms with van der Waals surface area (Å²) in [6.45, 7) is 3.28. The number of fused-ring (bicyclic) bond motifs is 1. The molecule has 2 heterocycles. The number of nitrogens with zero attached hydrogens (tertiary/aromatic N) is 3. The van der Waals surface area contributed by atoms with E-state index in [1.54, 1.807) is 0 Å². The first-order valence-corrected chi connectivity index (χ1v) is 10.0. The van der Waals surface area contributed by atoms with Gasteiger partial charge in [-0.3, -0.25) is 4.79 Å². The lowest BCUT2D eigenvalue weighted by Gasteiger charge is -2.38. The van der Waals surface area contributed by atoms with Crippen molar-refractivity contribution < 1.29 is 14.3 Å². The van der Waals surface area contributed by atoms with Crippen molar-refractivity contribution in [1.29, 1.82) is 0 Å². The summed E-state index contributed by atoms with van der Waals surface area (Å²) >= 11 is 0. The van der Waals surface area contributed by atoms with Crippen molar-refractivity contribution >= 4 is 29.2 Å². The molecule has 0 saturated carbocycles. The number of hydrogen-bond donors (Lipinski definition) is 2. The van der Waals surface area contributed by atoms with E-state index < -0.39 is 12.2 Å². The Morgan fingerprint density at radius 1 is 1.03 bits per heavy atom. The van der Waals surface area contributed by atoms with E-state index in [1.807, 2.05) is 59.5 Å². The number of anilines is 1. The van der Waals surface area contributed by atoms with Crippen LogP contribution in [0.4, 0.5) is 16.2 Å². The van der Waals surface area contributed by atoms with Crippen LogP contribution in [0.25, 0.3) is 0 Å². The first kappa shape index (κ1) is 19.8. The van der Waals surface area contributed by atoms with Crippen molar-refractivity contribution in [3.8, 4) is 0 Å². The number of amidine groups is 1. The average molecular weight is 407 g/mol. The largest absolute Gasteiger partial charge is 0.441 e. The van der Waals surface area contributed by atoms with Gasteiger partial charge in [0, 0.05) is 26.2 Å². The highest BCUT2D eigenvalue weighted by molar-refractivity contribution is 5.94. The first-order chi connectivity index (χ1) is 14.6. The number of nitrogens with one attached hydrogen (secondary N) is 1. The zero-order valence-electron chi connectivity index (χ0n) is 16.7. The van der Waals surface area contributed by atoms with Crippen LogP contribution in [0.1, 0.15) is 18.1 Å². The Bertz CT molecular complexity index is 939. The Labute approximate surface area is 175 Å². The van der Waals surface area contributed by atoms with Gasteiger partial charge < -0.3 is 25.6 Å². The molecule has 0 aromatic heterocycles. The Morgan fingerprint density at radius 3 is 2.47 bits per heavy atom. The van der Waals surface area contributed by atoms with Gasteiger partial charge in [-0.25, -0.2) is 9.79 Å². The first-order valence-electron chi connectivity index (χ1n) is 10.0. The molecule has 1 saturated heterocycles. The second-order valence-electron chi connectivity index (χ2n) is 7.31. The number of nitrogens with two attached hydrogens (primary N) is 1. The van der Waals surface area contributed by atoms with Crippen molar-refractivity contribution in [2.24, 2.45) is 10.7 Å². The molecule has 0 spiro atoms. The third kappa shape index (κ3) is 4.53. The summed E-state index contributed by atoms with van der Waals surface area (Å²) < 4.78 is 5.20. The third-order valence-electron chi connectivity index (χ3n) is 5.38. The summed E-state index contributed by atoms with van der Waals surface area (Å²) in [7, 11) is 0. The summed E-state index contributed by atoms with van der Waals surface area (Å²) in [4.78, 5) is 32.9. The Kier molecular flexibility index (Phi) is 5.83. The maximum Gasteiger partial charge on any atom is 0.405 e. The molecule has 1 fully saturated rings. The number of carbonyl (C=O) groups excluding carboxylic acids is 2. The highest BCUT2D eigenvalue weighted by atomic mass is 16.6. The van der Waals surface area contributed by atoms with E-state index in [4.69, 9.17) is 15.5 Å². The fourth-order valence-corrected chi connectivity index (χ4v) is 3.79. The van der Waals surface area contributed by atoms with Crippen LogP contribution in [0.2, 0.25) is 0 Å². The van der Waals surface area contributed by atoms with Gasteiger partial charge in [-0.1, -0.05) is 42.5 Å². The fraction of sp³-hybridized carbons (Fsp3) is 0.318. The van der Waals surface area contributed by atoms with Crippen molar-refractivity contribution in [2.75, 3.05) is 38.0 Å². The van der Waals surface area contributed by atoms with Crippen LogP contribution in [0, 0.1) is 0 Å². The maximum absolute atomic E-state index is 12.8. The second-order valence-corrected chi connectivity index (χ2v) is 7.31. The Balaban J connectivity index is 1.36. The topological polar surface area (TPSA) is 100 Å². The molecule has 2 aliphatic heterocycles. The molecule has 4 rings (SSSR count). The molecule has 2 aromatic carbocycles. The number of amides is 2. The minimum atomic E-state index is -0.885. The lowest BCUT2D eigenvalue weighted by Crippen LogP contribution is -2.52. The summed E-state index contributed by atoms with van der Waals surface area (Å²) in [6, 6.07) is 17.2. The van der Waals surface area contributed by atoms with Crippen LogP contribution >= 0.6 is 0 Å². The number of ether oxygens (including phenoxy) is 1. The smallest absolute Gasteiger partial charge is 0.405 e. The number of primary amides is 1. The molecule has 8 nitrogen and oxygen atoms in total. The van der Waals surface area contributed by atoms with Gasteiger partial charge in [0.25, 0.3) is 0 Å². The monoisotopic (exact) mass is 407 g/mol.